The van der Waals surface area contributed by atoms with Crippen LogP contribution in [0, 0.1) is 17.6 Å². The van der Waals surface area contributed by atoms with Gasteiger partial charge < -0.3 is 4.74 Å². The fourth-order valence-corrected chi connectivity index (χ4v) is 1.85. The largest absolute Gasteiger partial charge is 0.385 e. The molecule has 0 bridgehead atoms. The minimum Gasteiger partial charge on any atom is -0.385 e. The lowest BCUT2D eigenvalue weighted by Gasteiger charge is -2.23. The van der Waals surface area contributed by atoms with Crippen LogP contribution in [-0.4, -0.2) is 19.8 Å². The molecule has 0 heterocycles. The minimum atomic E-state index is -0.830. The molecule has 1 aromatic rings. The van der Waals surface area contributed by atoms with E-state index in [0.717, 1.165) is 18.1 Å². The molecule has 3 nitrogen and oxygen atoms in total. The fraction of sp³-hybridized carbons (Fsp3) is 0.538. The Morgan fingerprint density at radius 2 is 2.06 bits per heavy atom. The minimum absolute atomic E-state index is 0.00464. The van der Waals surface area contributed by atoms with Gasteiger partial charge in [0.05, 0.1) is 0 Å². The normalized spacial score (nSPS) is 14.5. The molecular formula is C13H20F2N2O. The summed E-state index contributed by atoms with van der Waals surface area (Å²) < 4.78 is 30.9. The third-order valence-electron chi connectivity index (χ3n) is 3.12. The summed E-state index contributed by atoms with van der Waals surface area (Å²) in [5, 5.41) is 0. The van der Waals surface area contributed by atoms with Crippen molar-refractivity contribution in [2.45, 2.75) is 25.8 Å². The number of rotatable bonds is 7. The van der Waals surface area contributed by atoms with E-state index in [-0.39, 0.29) is 12.0 Å². The zero-order chi connectivity index (χ0) is 13.5. The molecule has 2 atom stereocenters. The number of benzene rings is 1. The second-order valence-electron chi connectivity index (χ2n) is 4.48. The lowest BCUT2D eigenvalue weighted by atomic mass is 9.93. The van der Waals surface area contributed by atoms with Crippen LogP contribution < -0.4 is 11.3 Å². The van der Waals surface area contributed by atoms with E-state index in [1.165, 1.54) is 6.07 Å². The van der Waals surface area contributed by atoms with Crippen molar-refractivity contribution in [3.63, 3.8) is 0 Å². The maximum absolute atomic E-state index is 13.1. The Hall–Kier alpha value is -1.04. The average Bonchev–Trinajstić information content (AvgIpc) is 2.37. The van der Waals surface area contributed by atoms with Crippen molar-refractivity contribution in [1.29, 1.82) is 0 Å². The predicted molar refractivity (Wildman–Crippen MR) is 66.8 cm³/mol. The third-order valence-corrected chi connectivity index (χ3v) is 3.12. The molecule has 2 unspecified atom stereocenters. The molecule has 1 aromatic carbocycles. The summed E-state index contributed by atoms with van der Waals surface area (Å²) in [6.07, 6.45) is 1.41. The van der Waals surface area contributed by atoms with Crippen LogP contribution in [0.5, 0.6) is 0 Å². The van der Waals surface area contributed by atoms with E-state index in [0.29, 0.717) is 13.0 Å². The number of hydrogen-bond donors (Lipinski definition) is 2. The van der Waals surface area contributed by atoms with Crippen LogP contribution in [0.3, 0.4) is 0 Å². The molecule has 0 radical (unpaired) electrons. The highest BCUT2D eigenvalue weighted by molar-refractivity contribution is 5.19. The number of ether oxygens (including phenoxy) is 1. The van der Waals surface area contributed by atoms with Crippen LogP contribution in [0.1, 0.15) is 18.9 Å². The monoisotopic (exact) mass is 258 g/mol. The van der Waals surface area contributed by atoms with Crippen molar-refractivity contribution >= 4 is 0 Å². The van der Waals surface area contributed by atoms with E-state index in [9.17, 15) is 8.78 Å². The van der Waals surface area contributed by atoms with Gasteiger partial charge in [0.2, 0.25) is 0 Å². The van der Waals surface area contributed by atoms with Gasteiger partial charge in [0.1, 0.15) is 0 Å². The molecular weight excluding hydrogens is 238 g/mol. The summed E-state index contributed by atoms with van der Waals surface area (Å²) >= 11 is 0. The van der Waals surface area contributed by atoms with Crippen LogP contribution in [-0.2, 0) is 11.2 Å². The van der Waals surface area contributed by atoms with E-state index in [1.807, 2.05) is 6.92 Å². The number of nitrogens with one attached hydrogen (secondary N) is 1. The summed E-state index contributed by atoms with van der Waals surface area (Å²) in [6, 6.07) is 3.93. The second kappa shape index (κ2) is 7.41. The molecule has 0 saturated heterocycles. The molecule has 0 aliphatic carbocycles. The van der Waals surface area contributed by atoms with Crippen molar-refractivity contribution < 1.29 is 13.5 Å². The van der Waals surface area contributed by atoms with Gasteiger partial charge in [-0.1, -0.05) is 13.0 Å². The van der Waals surface area contributed by atoms with Gasteiger partial charge >= 0.3 is 0 Å². The Kier molecular flexibility index (Phi) is 6.18. The van der Waals surface area contributed by atoms with Gasteiger partial charge in [-0.05, 0) is 36.5 Å². The summed E-state index contributed by atoms with van der Waals surface area (Å²) in [5.74, 6) is 4.13. The average molecular weight is 258 g/mol. The van der Waals surface area contributed by atoms with Crippen LogP contribution >= 0.6 is 0 Å². The Labute approximate surface area is 106 Å². The smallest absolute Gasteiger partial charge is 0.159 e. The number of halogens is 2. The predicted octanol–water partition coefficient (Wildman–Crippen LogP) is 2.01. The van der Waals surface area contributed by atoms with E-state index in [2.05, 4.69) is 5.43 Å². The van der Waals surface area contributed by atoms with Gasteiger partial charge in [-0.25, -0.2) is 8.78 Å². The SMILES string of the molecule is COCCC(C)C(Cc1ccc(F)c(F)c1)NN. The lowest BCUT2D eigenvalue weighted by Crippen LogP contribution is -2.41. The highest BCUT2D eigenvalue weighted by atomic mass is 19.2. The number of hydrogen-bond acceptors (Lipinski definition) is 3. The summed E-state index contributed by atoms with van der Waals surface area (Å²) in [6.45, 7) is 2.69. The van der Waals surface area contributed by atoms with Crippen LogP contribution in [0.25, 0.3) is 0 Å². The summed E-state index contributed by atoms with van der Waals surface area (Å²) in [7, 11) is 1.65. The van der Waals surface area contributed by atoms with E-state index in [4.69, 9.17) is 10.6 Å². The molecule has 3 N–H and O–H groups in total. The molecule has 1 rings (SSSR count). The molecule has 5 heteroatoms. The third kappa shape index (κ3) is 4.33. The van der Waals surface area contributed by atoms with Gasteiger partial charge in [0.25, 0.3) is 0 Å². The van der Waals surface area contributed by atoms with Crippen molar-refractivity contribution in [2.24, 2.45) is 11.8 Å². The number of methoxy groups -OCH3 is 1. The van der Waals surface area contributed by atoms with Crippen LogP contribution in [0.15, 0.2) is 18.2 Å². The van der Waals surface area contributed by atoms with E-state index >= 15 is 0 Å². The Bertz CT molecular complexity index is 374. The Morgan fingerprint density at radius 1 is 1.33 bits per heavy atom. The quantitative estimate of drug-likeness (QED) is 0.581. The molecule has 102 valence electrons. The molecule has 0 amide bonds. The fourth-order valence-electron chi connectivity index (χ4n) is 1.85. The maximum atomic E-state index is 13.1. The van der Waals surface area contributed by atoms with E-state index in [1.54, 1.807) is 13.2 Å². The molecule has 0 aliphatic heterocycles. The van der Waals surface area contributed by atoms with E-state index < -0.39 is 11.6 Å². The standard InChI is InChI=1S/C13H20F2N2O/c1-9(5-6-18-2)13(17-16)8-10-3-4-11(14)12(15)7-10/h3-4,7,9,13,17H,5-6,8,16H2,1-2H3. The zero-order valence-electron chi connectivity index (χ0n) is 10.7. The highest BCUT2D eigenvalue weighted by Gasteiger charge is 2.17. The van der Waals surface area contributed by atoms with Gasteiger partial charge in [-0.2, -0.15) is 0 Å². The first-order chi connectivity index (χ1) is 8.58. The topological polar surface area (TPSA) is 47.3 Å². The van der Waals surface area contributed by atoms with Crippen LogP contribution in [0.4, 0.5) is 8.78 Å². The highest BCUT2D eigenvalue weighted by Crippen LogP contribution is 2.15. The molecule has 0 spiro atoms. The molecule has 0 aliphatic rings. The van der Waals surface area contributed by atoms with Crippen molar-refractivity contribution in [3.8, 4) is 0 Å². The zero-order valence-corrected chi connectivity index (χ0v) is 10.7. The molecule has 0 aromatic heterocycles. The first kappa shape index (κ1) is 15.0. The molecule has 18 heavy (non-hydrogen) atoms. The summed E-state index contributed by atoms with van der Waals surface area (Å²) in [5.41, 5.74) is 3.44. The van der Waals surface area contributed by atoms with Gasteiger partial charge in [0.15, 0.2) is 11.6 Å². The number of nitrogens with two attached hydrogens (primary N) is 1. The molecule has 0 saturated carbocycles. The van der Waals surface area contributed by atoms with Crippen molar-refractivity contribution in [1.82, 2.24) is 5.43 Å². The van der Waals surface area contributed by atoms with Crippen LogP contribution in [0.2, 0.25) is 0 Å². The second-order valence-corrected chi connectivity index (χ2v) is 4.48. The lowest BCUT2D eigenvalue weighted by molar-refractivity contribution is 0.170. The molecule has 0 fully saturated rings. The van der Waals surface area contributed by atoms with Crippen molar-refractivity contribution in [3.05, 3.63) is 35.4 Å². The van der Waals surface area contributed by atoms with Gasteiger partial charge in [-0.15, -0.1) is 0 Å². The van der Waals surface area contributed by atoms with Gasteiger partial charge in [-0.3, -0.25) is 11.3 Å². The first-order valence-corrected chi connectivity index (χ1v) is 5.97. The maximum Gasteiger partial charge on any atom is 0.159 e. The van der Waals surface area contributed by atoms with Gasteiger partial charge in [0, 0.05) is 19.8 Å². The van der Waals surface area contributed by atoms with Crippen molar-refractivity contribution in [2.75, 3.05) is 13.7 Å². The Morgan fingerprint density at radius 3 is 2.61 bits per heavy atom. The first-order valence-electron chi connectivity index (χ1n) is 5.97. The summed E-state index contributed by atoms with van der Waals surface area (Å²) in [4.78, 5) is 0. The Balaban J connectivity index is 2.64. The number of hydrazine groups is 1.